The van der Waals surface area contributed by atoms with Gasteiger partial charge in [0.25, 0.3) is 23.6 Å². The molecule has 7 heterocycles. The first-order valence-corrected chi connectivity index (χ1v) is 29.0. The van der Waals surface area contributed by atoms with Crippen molar-refractivity contribution in [2.24, 2.45) is 11.7 Å². The number of imide groups is 3. The van der Waals surface area contributed by atoms with Crippen LogP contribution in [0.3, 0.4) is 0 Å². The minimum atomic E-state index is -1.18. The number of aldehydes is 1. The number of unbranched alkanes of at least 4 members (excludes halogenated alkanes) is 3. The number of anilines is 2. The standard InChI is InChI=1S/C63H60N14O8/c64-58(80)55(6-5-21-78)76-60(82)43-11-9-40(26-47(43)62(76)84)65-18-3-1-2-4-20-74-33-38(29-69-74)53-31-67-49-13-7-36(24-51(49)71-53)45-28-46(45)37-8-14-50-52(25-37)72-54(32-68-50)39-30-70-75(34-39)42-22-35(23-42)17-19-66-41-10-12-44-48(27-41)63(85)77(61(44)83)56-15-16-57(79)73-59(56)81/h7-14,21,24-27,29-35,42,45-46,55-56,65-66H,1-6,15-20,22-23,28H2,(H2,64,80)(H,73,79,81). The van der Waals surface area contributed by atoms with E-state index in [1.807, 2.05) is 34.2 Å². The summed E-state index contributed by atoms with van der Waals surface area (Å²) >= 11 is 0. The largest absolute Gasteiger partial charge is 0.385 e. The summed E-state index contributed by atoms with van der Waals surface area (Å²) in [5.74, 6) is -2.91. The van der Waals surface area contributed by atoms with E-state index in [4.69, 9.17) is 30.8 Å². The van der Waals surface area contributed by atoms with Crippen LogP contribution < -0.4 is 21.7 Å². The highest BCUT2D eigenvalue weighted by molar-refractivity contribution is 6.24. The molecule has 2 saturated carbocycles. The maximum absolute atomic E-state index is 13.3. The van der Waals surface area contributed by atoms with Gasteiger partial charge in [0.2, 0.25) is 17.7 Å². The zero-order valence-corrected chi connectivity index (χ0v) is 46.4. The van der Waals surface area contributed by atoms with Gasteiger partial charge < -0.3 is 21.2 Å². The van der Waals surface area contributed by atoms with Gasteiger partial charge in [0.05, 0.1) is 86.5 Å². The molecule has 0 bridgehead atoms. The van der Waals surface area contributed by atoms with Gasteiger partial charge in [0, 0.05) is 67.4 Å². The summed E-state index contributed by atoms with van der Waals surface area (Å²) < 4.78 is 3.97. The molecule has 22 heteroatoms. The number of carbonyl (C=O) groups excluding carboxylic acids is 8. The summed E-state index contributed by atoms with van der Waals surface area (Å²) in [6, 6.07) is 20.9. The molecule has 3 aliphatic heterocycles. The number of benzene rings is 4. The van der Waals surface area contributed by atoms with Crippen LogP contribution in [0.25, 0.3) is 44.6 Å². The Hall–Kier alpha value is -9.86. The van der Waals surface area contributed by atoms with Crippen molar-refractivity contribution in [2.75, 3.05) is 23.7 Å². The molecule has 7 amide bonds. The second-order valence-corrected chi connectivity index (χ2v) is 22.8. The van der Waals surface area contributed by atoms with Crippen LogP contribution in [0.15, 0.2) is 110 Å². The molecule has 5 aliphatic rings. The van der Waals surface area contributed by atoms with E-state index in [1.165, 1.54) is 11.1 Å². The van der Waals surface area contributed by atoms with Gasteiger partial charge in [-0.3, -0.25) is 68.0 Å². The van der Waals surface area contributed by atoms with E-state index in [0.29, 0.717) is 42.8 Å². The van der Waals surface area contributed by atoms with E-state index in [1.54, 1.807) is 42.6 Å². The number of nitrogens with two attached hydrogens (primary N) is 1. The summed E-state index contributed by atoms with van der Waals surface area (Å²) in [4.78, 5) is 121. The molecular weight excluding hydrogens is 1080 g/mol. The first-order valence-electron chi connectivity index (χ1n) is 29.0. The van der Waals surface area contributed by atoms with E-state index < -0.39 is 53.4 Å². The first kappa shape index (κ1) is 54.4. The highest BCUT2D eigenvalue weighted by Crippen LogP contribution is 2.55. The van der Waals surface area contributed by atoms with Crippen molar-refractivity contribution in [3.05, 3.63) is 143 Å². The number of aryl methyl sites for hydroxylation is 1. The third kappa shape index (κ3) is 10.8. The van der Waals surface area contributed by atoms with E-state index in [9.17, 15) is 38.4 Å². The molecule has 4 aromatic heterocycles. The predicted molar refractivity (Wildman–Crippen MR) is 312 cm³/mol. The van der Waals surface area contributed by atoms with Crippen molar-refractivity contribution in [1.29, 1.82) is 0 Å². The van der Waals surface area contributed by atoms with E-state index in [2.05, 4.69) is 63.6 Å². The minimum Gasteiger partial charge on any atom is -0.385 e. The van der Waals surface area contributed by atoms with Gasteiger partial charge >= 0.3 is 0 Å². The fourth-order valence-corrected chi connectivity index (χ4v) is 12.4. The Balaban J connectivity index is 0.559. The lowest BCUT2D eigenvalue weighted by atomic mass is 9.78. The summed E-state index contributed by atoms with van der Waals surface area (Å²) in [5, 5.41) is 18.3. The first-order chi connectivity index (χ1) is 41.3. The molecule has 0 radical (unpaired) electrons. The van der Waals surface area contributed by atoms with Crippen LogP contribution in [-0.2, 0) is 25.7 Å². The molecule has 22 nitrogen and oxygen atoms in total. The Bertz CT molecular complexity index is 4060. The summed E-state index contributed by atoms with van der Waals surface area (Å²) in [6.45, 7) is 2.12. The van der Waals surface area contributed by atoms with Crippen molar-refractivity contribution >= 4 is 81.1 Å². The van der Waals surface area contributed by atoms with E-state index in [-0.39, 0.29) is 54.0 Å². The molecule has 13 rings (SSSR count). The van der Waals surface area contributed by atoms with Crippen LogP contribution in [0.5, 0.6) is 0 Å². The van der Waals surface area contributed by atoms with Crippen molar-refractivity contribution < 1.29 is 38.4 Å². The fraction of sp³-hybridized carbons (Fsp3) is 0.333. The molecule has 430 valence electrons. The number of amides is 7. The van der Waals surface area contributed by atoms with Crippen LogP contribution >= 0.6 is 0 Å². The van der Waals surface area contributed by atoms with Gasteiger partial charge in [-0.1, -0.05) is 25.0 Å². The fourth-order valence-electron chi connectivity index (χ4n) is 12.4. The quantitative estimate of drug-likeness (QED) is 0.0273. The number of rotatable bonds is 23. The van der Waals surface area contributed by atoms with Crippen LogP contribution in [-0.4, -0.2) is 122 Å². The van der Waals surface area contributed by atoms with Crippen molar-refractivity contribution in [1.82, 2.24) is 54.6 Å². The van der Waals surface area contributed by atoms with E-state index >= 15 is 0 Å². The van der Waals surface area contributed by atoms with Gasteiger partial charge in [-0.05, 0) is 141 Å². The Labute approximate surface area is 487 Å². The third-order valence-corrected chi connectivity index (χ3v) is 17.3. The van der Waals surface area contributed by atoms with Crippen LogP contribution in [0, 0.1) is 5.92 Å². The molecule has 5 N–H and O–H groups in total. The third-order valence-electron chi connectivity index (χ3n) is 17.3. The normalized spacial score (nSPS) is 20.2. The number of fused-ring (bicyclic) bond motifs is 4. The maximum Gasteiger partial charge on any atom is 0.262 e. The summed E-state index contributed by atoms with van der Waals surface area (Å²) in [5.41, 5.74) is 17.0. The summed E-state index contributed by atoms with van der Waals surface area (Å²) in [6.07, 6.45) is 19.9. The predicted octanol–water partition coefficient (Wildman–Crippen LogP) is 7.53. The Morgan fingerprint density at radius 1 is 0.659 bits per heavy atom. The zero-order valence-electron chi connectivity index (χ0n) is 46.4. The second-order valence-electron chi connectivity index (χ2n) is 22.8. The molecule has 8 aromatic rings. The number of primary amides is 1. The summed E-state index contributed by atoms with van der Waals surface area (Å²) in [7, 11) is 0. The van der Waals surface area contributed by atoms with Crippen molar-refractivity contribution in [2.45, 2.75) is 114 Å². The maximum atomic E-state index is 13.3. The number of nitrogens with zero attached hydrogens (tertiary/aromatic N) is 10. The number of hydrogen-bond acceptors (Lipinski definition) is 16. The number of aromatic nitrogens is 8. The molecule has 1 saturated heterocycles. The molecule has 2 aliphatic carbocycles. The molecule has 4 unspecified atom stereocenters. The highest BCUT2D eigenvalue weighted by Gasteiger charge is 2.46. The van der Waals surface area contributed by atoms with Gasteiger partial charge in [-0.25, -0.2) is 9.97 Å². The molecule has 3 fully saturated rings. The molecular formula is C63H60N14O8. The lowest BCUT2D eigenvalue weighted by Crippen LogP contribution is -2.54. The number of hydrogen-bond donors (Lipinski definition) is 4. The second kappa shape index (κ2) is 22.7. The van der Waals surface area contributed by atoms with Crippen molar-refractivity contribution in [3.63, 3.8) is 0 Å². The highest BCUT2D eigenvalue weighted by atomic mass is 16.2. The minimum absolute atomic E-state index is 0.00365. The van der Waals surface area contributed by atoms with Gasteiger partial charge in [-0.15, -0.1) is 0 Å². The number of carbonyl (C=O) groups is 8. The van der Waals surface area contributed by atoms with Gasteiger partial charge in [-0.2, -0.15) is 10.2 Å². The topological polar surface area (TPSA) is 292 Å². The zero-order chi connectivity index (χ0) is 58.5. The lowest BCUT2D eigenvalue weighted by Gasteiger charge is -2.35. The SMILES string of the molecule is NC(=O)C(CCC=O)N1C(=O)c2ccc(NCCCCCCn3cc(-c4cnc5ccc(C6CC6c6ccc7ncc(-c8cnn(C9CC(CCNc%10ccc%11c(c%10)C(=O)N(C%10CCC(=O)NC%10=O)C%11=O)C9)c8)nc7c6)cc5n4)cn3)cc2C1=O. The molecule has 4 atom stereocenters. The van der Waals surface area contributed by atoms with Gasteiger partial charge in [0.15, 0.2) is 0 Å². The van der Waals surface area contributed by atoms with Crippen LogP contribution in [0.4, 0.5) is 11.4 Å². The Morgan fingerprint density at radius 3 is 1.94 bits per heavy atom. The number of nitrogens with one attached hydrogen (secondary N) is 3. The van der Waals surface area contributed by atoms with Crippen molar-refractivity contribution in [3.8, 4) is 22.5 Å². The average Bonchev–Trinajstić information content (AvgIpc) is 2.02. The smallest absolute Gasteiger partial charge is 0.262 e. The van der Waals surface area contributed by atoms with Crippen LogP contribution in [0.2, 0.25) is 0 Å². The molecule has 4 aromatic carbocycles. The average molecular weight is 1140 g/mol. The molecule has 0 spiro atoms. The molecule has 85 heavy (non-hydrogen) atoms. The lowest BCUT2D eigenvalue weighted by molar-refractivity contribution is -0.136. The van der Waals surface area contributed by atoms with E-state index in [0.717, 1.165) is 118 Å². The Morgan fingerprint density at radius 2 is 1.27 bits per heavy atom. The Kier molecular flexibility index (Phi) is 14.5. The number of piperidine rings is 1. The van der Waals surface area contributed by atoms with Crippen LogP contribution in [0.1, 0.15) is 147 Å². The van der Waals surface area contributed by atoms with Gasteiger partial charge in [0.1, 0.15) is 18.4 Å². The monoisotopic (exact) mass is 1140 g/mol.